The zero-order chi connectivity index (χ0) is 19.9. The second-order valence-corrected chi connectivity index (χ2v) is 7.12. The van der Waals surface area contributed by atoms with Crippen LogP contribution < -0.4 is 10.1 Å². The van der Waals surface area contributed by atoms with Gasteiger partial charge in [0.2, 0.25) is 0 Å². The predicted molar refractivity (Wildman–Crippen MR) is 114 cm³/mol. The van der Waals surface area contributed by atoms with Gasteiger partial charge in [0.05, 0.1) is 18.8 Å². The van der Waals surface area contributed by atoms with E-state index in [2.05, 4.69) is 22.4 Å². The molecule has 5 nitrogen and oxygen atoms in total. The van der Waals surface area contributed by atoms with Gasteiger partial charge in [0.25, 0.3) is 0 Å². The number of para-hydroxylation sites is 1. The molecule has 1 heterocycles. The first-order valence-corrected chi connectivity index (χ1v) is 10.0. The standard InChI is InChI=1S/C24H25N3O2/c28-24(27(21-13-14-21)18-20-10-6-7-15-25-20)26-16-17-29-23-12-5-4-11-22(23)19-8-2-1-3-9-19/h1-12,15,21H,13-14,16-18H2,(H,26,28). The lowest BCUT2D eigenvalue weighted by Crippen LogP contribution is -2.42. The number of hydrogen-bond acceptors (Lipinski definition) is 3. The van der Waals surface area contributed by atoms with Crippen LogP contribution in [0.1, 0.15) is 18.5 Å². The summed E-state index contributed by atoms with van der Waals surface area (Å²) < 4.78 is 5.97. The van der Waals surface area contributed by atoms with Crippen molar-refractivity contribution in [3.05, 3.63) is 84.7 Å². The van der Waals surface area contributed by atoms with Crippen molar-refractivity contribution in [1.29, 1.82) is 0 Å². The van der Waals surface area contributed by atoms with Gasteiger partial charge in [-0.2, -0.15) is 0 Å². The van der Waals surface area contributed by atoms with Crippen LogP contribution in [0.5, 0.6) is 5.75 Å². The van der Waals surface area contributed by atoms with Crippen molar-refractivity contribution in [2.75, 3.05) is 13.2 Å². The second-order valence-electron chi connectivity index (χ2n) is 7.12. The Bertz CT molecular complexity index is 927. The zero-order valence-electron chi connectivity index (χ0n) is 16.3. The number of carbonyl (C=O) groups excluding carboxylic acids is 1. The Hall–Kier alpha value is -3.34. The van der Waals surface area contributed by atoms with E-state index in [1.165, 1.54) is 0 Å². The van der Waals surface area contributed by atoms with Gasteiger partial charge in [-0.05, 0) is 36.6 Å². The molecule has 0 saturated heterocycles. The van der Waals surface area contributed by atoms with Crippen molar-refractivity contribution in [2.45, 2.75) is 25.4 Å². The molecule has 2 aromatic carbocycles. The highest BCUT2D eigenvalue weighted by Crippen LogP contribution is 2.30. The Balaban J connectivity index is 1.31. The molecule has 5 heteroatoms. The second kappa shape index (κ2) is 9.24. The highest BCUT2D eigenvalue weighted by Gasteiger charge is 2.32. The summed E-state index contributed by atoms with van der Waals surface area (Å²) in [4.78, 5) is 18.9. The minimum Gasteiger partial charge on any atom is -0.491 e. The summed E-state index contributed by atoms with van der Waals surface area (Å²) in [5, 5.41) is 2.99. The van der Waals surface area contributed by atoms with Crippen molar-refractivity contribution >= 4 is 6.03 Å². The average molecular weight is 387 g/mol. The molecule has 29 heavy (non-hydrogen) atoms. The number of hydrogen-bond donors (Lipinski definition) is 1. The molecule has 0 aliphatic heterocycles. The summed E-state index contributed by atoms with van der Waals surface area (Å²) in [5.74, 6) is 0.820. The summed E-state index contributed by atoms with van der Waals surface area (Å²) in [5.41, 5.74) is 3.07. The van der Waals surface area contributed by atoms with Crippen LogP contribution in [0.25, 0.3) is 11.1 Å². The van der Waals surface area contributed by atoms with Crippen LogP contribution in [0.3, 0.4) is 0 Å². The fraction of sp³-hybridized carbons (Fsp3) is 0.250. The molecule has 1 N–H and O–H groups in total. The molecule has 0 atom stereocenters. The fourth-order valence-electron chi connectivity index (χ4n) is 3.29. The summed E-state index contributed by atoms with van der Waals surface area (Å²) in [6, 6.07) is 24.2. The van der Waals surface area contributed by atoms with Gasteiger partial charge in [-0.25, -0.2) is 4.79 Å². The first-order valence-electron chi connectivity index (χ1n) is 10.0. The number of benzene rings is 2. The third-order valence-corrected chi connectivity index (χ3v) is 4.91. The van der Waals surface area contributed by atoms with E-state index in [1.807, 2.05) is 65.6 Å². The maximum absolute atomic E-state index is 12.7. The molecule has 1 saturated carbocycles. The molecule has 3 aromatic rings. The summed E-state index contributed by atoms with van der Waals surface area (Å²) in [6.07, 6.45) is 3.87. The molecule has 0 bridgehead atoms. The number of nitrogens with one attached hydrogen (secondary N) is 1. The summed E-state index contributed by atoms with van der Waals surface area (Å²) >= 11 is 0. The number of urea groups is 1. The normalized spacial score (nSPS) is 13.0. The van der Waals surface area contributed by atoms with E-state index in [-0.39, 0.29) is 6.03 Å². The van der Waals surface area contributed by atoms with Gasteiger partial charge in [-0.15, -0.1) is 0 Å². The van der Waals surface area contributed by atoms with Crippen molar-refractivity contribution in [3.63, 3.8) is 0 Å². The maximum atomic E-state index is 12.7. The van der Waals surface area contributed by atoms with Gasteiger partial charge in [0.1, 0.15) is 12.4 Å². The van der Waals surface area contributed by atoms with E-state index in [0.717, 1.165) is 35.4 Å². The predicted octanol–water partition coefficient (Wildman–Crippen LogP) is 4.50. The number of nitrogens with zero attached hydrogens (tertiary/aromatic N) is 2. The lowest BCUT2D eigenvalue weighted by molar-refractivity contribution is 0.188. The lowest BCUT2D eigenvalue weighted by atomic mass is 10.1. The van der Waals surface area contributed by atoms with Crippen LogP contribution in [0.15, 0.2) is 79.0 Å². The molecular weight excluding hydrogens is 362 g/mol. The van der Waals surface area contributed by atoms with Crippen LogP contribution in [0, 0.1) is 0 Å². The highest BCUT2D eigenvalue weighted by atomic mass is 16.5. The van der Waals surface area contributed by atoms with Crippen LogP contribution in [0.4, 0.5) is 4.79 Å². The first-order chi connectivity index (χ1) is 14.3. The minimum absolute atomic E-state index is 0.0573. The number of carbonyl (C=O) groups is 1. The van der Waals surface area contributed by atoms with Crippen LogP contribution in [0.2, 0.25) is 0 Å². The third-order valence-electron chi connectivity index (χ3n) is 4.91. The van der Waals surface area contributed by atoms with Gasteiger partial charge >= 0.3 is 6.03 Å². The Kier molecular flexibility index (Phi) is 6.05. The SMILES string of the molecule is O=C(NCCOc1ccccc1-c1ccccc1)N(Cc1ccccn1)C1CC1. The molecule has 148 valence electrons. The number of pyridine rings is 1. The fourth-order valence-corrected chi connectivity index (χ4v) is 3.29. The van der Waals surface area contributed by atoms with Gasteiger partial charge in [-0.3, -0.25) is 4.98 Å². The van der Waals surface area contributed by atoms with E-state index in [1.54, 1.807) is 6.20 Å². The van der Waals surface area contributed by atoms with Crippen molar-refractivity contribution < 1.29 is 9.53 Å². The van der Waals surface area contributed by atoms with Gasteiger partial charge < -0.3 is 15.0 Å². The molecule has 1 aliphatic rings. The third kappa shape index (κ3) is 5.13. The number of amides is 2. The molecule has 1 aliphatic carbocycles. The van der Waals surface area contributed by atoms with E-state index >= 15 is 0 Å². The quantitative estimate of drug-likeness (QED) is 0.579. The molecule has 2 amide bonds. The Labute approximate surface area is 171 Å². The monoisotopic (exact) mass is 387 g/mol. The molecule has 1 fully saturated rings. The van der Waals surface area contributed by atoms with Crippen LogP contribution >= 0.6 is 0 Å². The van der Waals surface area contributed by atoms with Crippen molar-refractivity contribution in [3.8, 4) is 16.9 Å². The van der Waals surface area contributed by atoms with E-state index in [0.29, 0.717) is 25.7 Å². The summed E-state index contributed by atoms with van der Waals surface area (Å²) in [7, 11) is 0. The van der Waals surface area contributed by atoms with Crippen LogP contribution in [-0.2, 0) is 6.54 Å². The first kappa shape index (κ1) is 19.0. The molecule has 4 rings (SSSR count). The van der Waals surface area contributed by atoms with E-state index < -0.39 is 0 Å². The smallest absolute Gasteiger partial charge is 0.318 e. The molecular formula is C24H25N3O2. The lowest BCUT2D eigenvalue weighted by Gasteiger charge is -2.22. The van der Waals surface area contributed by atoms with E-state index in [9.17, 15) is 4.79 Å². The Morgan fingerprint density at radius 1 is 1.00 bits per heavy atom. The number of rotatable bonds is 8. The van der Waals surface area contributed by atoms with Gasteiger partial charge in [0, 0.05) is 17.8 Å². The highest BCUT2D eigenvalue weighted by molar-refractivity contribution is 5.75. The summed E-state index contributed by atoms with van der Waals surface area (Å²) in [6.45, 7) is 1.40. The minimum atomic E-state index is -0.0573. The van der Waals surface area contributed by atoms with Crippen molar-refractivity contribution in [2.24, 2.45) is 0 Å². The zero-order valence-corrected chi connectivity index (χ0v) is 16.3. The Morgan fingerprint density at radius 2 is 1.76 bits per heavy atom. The van der Waals surface area contributed by atoms with E-state index in [4.69, 9.17) is 4.74 Å². The molecule has 0 radical (unpaired) electrons. The topological polar surface area (TPSA) is 54.5 Å². The number of aromatic nitrogens is 1. The molecule has 1 aromatic heterocycles. The average Bonchev–Trinajstić information content (AvgIpc) is 3.62. The number of ether oxygens (including phenoxy) is 1. The Morgan fingerprint density at radius 3 is 2.52 bits per heavy atom. The molecule has 0 spiro atoms. The van der Waals surface area contributed by atoms with Gasteiger partial charge in [0.15, 0.2) is 0 Å². The van der Waals surface area contributed by atoms with Crippen molar-refractivity contribution in [1.82, 2.24) is 15.2 Å². The maximum Gasteiger partial charge on any atom is 0.318 e. The van der Waals surface area contributed by atoms with Gasteiger partial charge in [-0.1, -0.05) is 54.6 Å². The molecule has 0 unspecified atom stereocenters. The largest absolute Gasteiger partial charge is 0.491 e. The van der Waals surface area contributed by atoms with Crippen LogP contribution in [-0.4, -0.2) is 35.1 Å².